The fourth-order valence-electron chi connectivity index (χ4n) is 1.51. The molecule has 2 aromatic carbocycles. The van der Waals surface area contributed by atoms with Gasteiger partial charge < -0.3 is 0 Å². The van der Waals surface area contributed by atoms with E-state index in [1.165, 1.54) is 18.2 Å². The summed E-state index contributed by atoms with van der Waals surface area (Å²) in [5, 5.41) is 8.69. The van der Waals surface area contributed by atoms with Crippen molar-refractivity contribution in [1.82, 2.24) is 0 Å². The van der Waals surface area contributed by atoms with Crippen LogP contribution in [0.4, 0.5) is 8.78 Å². The van der Waals surface area contributed by atoms with Crippen LogP contribution in [0.5, 0.6) is 0 Å². The van der Waals surface area contributed by atoms with Crippen molar-refractivity contribution >= 4 is 0 Å². The molecule has 0 aliphatic rings. The van der Waals surface area contributed by atoms with Crippen molar-refractivity contribution in [2.75, 3.05) is 0 Å². The summed E-state index contributed by atoms with van der Waals surface area (Å²) in [6.45, 7) is 0. The average Bonchev–Trinajstić information content (AvgIpc) is 2.28. The zero-order valence-corrected chi connectivity index (χ0v) is 8.24. The second kappa shape index (κ2) is 4.11. The lowest BCUT2D eigenvalue weighted by Gasteiger charge is -2.03. The average molecular weight is 215 g/mol. The van der Waals surface area contributed by atoms with Crippen molar-refractivity contribution in [1.29, 1.82) is 5.26 Å². The summed E-state index contributed by atoms with van der Waals surface area (Å²) in [6, 6.07) is 11.7. The number of rotatable bonds is 1. The summed E-state index contributed by atoms with van der Waals surface area (Å²) in [5.41, 5.74) is 0.839. The maximum atomic E-state index is 13.4. The van der Waals surface area contributed by atoms with E-state index in [0.717, 1.165) is 6.07 Å². The van der Waals surface area contributed by atoms with Crippen LogP contribution >= 0.6 is 0 Å². The first kappa shape index (κ1) is 10.3. The van der Waals surface area contributed by atoms with Crippen molar-refractivity contribution in [3.63, 3.8) is 0 Å². The van der Waals surface area contributed by atoms with Gasteiger partial charge in [0.15, 0.2) is 0 Å². The van der Waals surface area contributed by atoms with E-state index in [9.17, 15) is 8.78 Å². The van der Waals surface area contributed by atoms with Crippen LogP contribution < -0.4 is 0 Å². The second-order valence-corrected chi connectivity index (χ2v) is 3.32. The Morgan fingerprint density at radius 2 is 1.75 bits per heavy atom. The minimum absolute atomic E-state index is 0.179. The molecule has 0 fully saturated rings. The van der Waals surface area contributed by atoms with E-state index in [-0.39, 0.29) is 5.56 Å². The van der Waals surface area contributed by atoms with E-state index in [0.29, 0.717) is 11.1 Å². The Hall–Kier alpha value is -2.21. The summed E-state index contributed by atoms with van der Waals surface area (Å²) >= 11 is 0. The molecule has 0 atom stereocenters. The van der Waals surface area contributed by atoms with Gasteiger partial charge in [0.1, 0.15) is 11.6 Å². The molecule has 78 valence electrons. The SMILES string of the molecule is N#Cc1cc(F)cc(-c2ccccc2F)c1. The monoisotopic (exact) mass is 215 g/mol. The molecule has 3 heteroatoms. The summed E-state index contributed by atoms with van der Waals surface area (Å²) in [7, 11) is 0. The van der Waals surface area contributed by atoms with Gasteiger partial charge in [0.25, 0.3) is 0 Å². The van der Waals surface area contributed by atoms with E-state index in [1.54, 1.807) is 18.2 Å². The molecular formula is C13H7F2N. The lowest BCUT2D eigenvalue weighted by molar-refractivity contribution is 0.624. The molecule has 0 unspecified atom stereocenters. The quantitative estimate of drug-likeness (QED) is 0.714. The largest absolute Gasteiger partial charge is 0.207 e. The molecule has 16 heavy (non-hydrogen) atoms. The van der Waals surface area contributed by atoms with E-state index in [1.807, 2.05) is 6.07 Å². The van der Waals surface area contributed by atoms with Crippen LogP contribution in [0.2, 0.25) is 0 Å². The van der Waals surface area contributed by atoms with Gasteiger partial charge >= 0.3 is 0 Å². The molecule has 2 aromatic rings. The molecule has 0 aliphatic carbocycles. The zero-order valence-electron chi connectivity index (χ0n) is 8.24. The van der Waals surface area contributed by atoms with Gasteiger partial charge in [-0.05, 0) is 29.8 Å². The van der Waals surface area contributed by atoms with E-state index < -0.39 is 11.6 Å². The van der Waals surface area contributed by atoms with Gasteiger partial charge in [-0.2, -0.15) is 5.26 Å². The molecule has 0 aliphatic heterocycles. The molecule has 0 saturated carbocycles. The molecule has 0 saturated heterocycles. The highest BCUT2D eigenvalue weighted by atomic mass is 19.1. The van der Waals surface area contributed by atoms with Crippen LogP contribution in [-0.2, 0) is 0 Å². The van der Waals surface area contributed by atoms with Gasteiger partial charge in [-0.15, -0.1) is 0 Å². The molecule has 0 heterocycles. The Morgan fingerprint density at radius 1 is 1.00 bits per heavy atom. The number of hydrogen-bond acceptors (Lipinski definition) is 1. The molecule has 0 bridgehead atoms. The standard InChI is InChI=1S/C13H7F2N/c14-11-6-9(8-16)5-10(7-11)12-3-1-2-4-13(12)15/h1-7H. The molecule has 0 N–H and O–H groups in total. The van der Waals surface area contributed by atoms with E-state index >= 15 is 0 Å². The molecule has 0 radical (unpaired) electrons. The van der Waals surface area contributed by atoms with Crippen LogP contribution in [0, 0.1) is 23.0 Å². The Bertz CT molecular complexity index is 570. The maximum Gasteiger partial charge on any atom is 0.131 e. The predicted molar refractivity (Wildman–Crippen MR) is 56.5 cm³/mol. The van der Waals surface area contributed by atoms with Crippen LogP contribution in [-0.4, -0.2) is 0 Å². The first-order valence-electron chi connectivity index (χ1n) is 4.66. The number of hydrogen-bond donors (Lipinski definition) is 0. The predicted octanol–water partition coefficient (Wildman–Crippen LogP) is 3.50. The number of nitrogens with zero attached hydrogens (tertiary/aromatic N) is 1. The van der Waals surface area contributed by atoms with Crippen LogP contribution in [0.15, 0.2) is 42.5 Å². The molecule has 2 rings (SSSR count). The van der Waals surface area contributed by atoms with Gasteiger partial charge in [0, 0.05) is 5.56 Å². The lowest BCUT2D eigenvalue weighted by Crippen LogP contribution is -1.87. The number of halogens is 2. The van der Waals surface area contributed by atoms with E-state index in [4.69, 9.17) is 5.26 Å². The summed E-state index contributed by atoms with van der Waals surface area (Å²) in [6.07, 6.45) is 0. The van der Waals surface area contributed by atoms with Crippen molar-refractivity contribution in [2.24, 2.45) is 0 Å². The molecule has 0 spiro atoms. The molecular weight excluding hydrogens is 208 g/mol. The van der Waals surface area contributed by atoms with Gasteiger partial charge in [-0.25, -0.2) is 8.78 Å². The third kappa shape index (κ3) is 1.91. The minimum Gasteiger partial charge on any atom is -0.207 e. The number of nitriles is 1. The first-order valence-corrected chi connectivity index (χ1v) is 4.66. The Balaban J connectivity index is 2.61. The Labute approximate surface area is 91.6 Å². The fraction of sp³-hybridized carbons (Fsp3) is 0. The fourth-order valence-corrected chi connectivity index (χ4v) is 1.51. The second-order valence-electron chi connectivity index (χ2n) is 3.32. The molecule has 0 aromatic heterocycles. The van der Waals surface area contributed by atoms with Crippen LogP contribution in [0.3, 0.4) is 0 Å². The normalized spacial score (nSPS) is 9.81. The first-order chi connectivity index (χ1) is 7.70. The summed E-state index contributed by atoms with van der Waals surface area (Å²) in [4.78, 5) is 0. The van der Waals surface area contributed by atoms with Crippen molar-refractivity contribution < 1.29 is 8.78 Å². The van der Waals surface area contributed by atoms with Gasteiger partial charge in [-0.3, -0.25) is 0 Å². The van der Waals surface area contributed by atoms with Gasteiger partial charge in [0.2, 0.25) is 0 Å². The zero-order chi connectivity index (χ0) is 11.5. The highest BCUT2D eigenvalue weighted by Gasteiger charge is 2.06. The third-order valence-corrected chi connectivity index (χ3v) is 2.21. The maximum absolute atomic E-state index is 13.4. The van der Waals surface area contributed by atoms with Crippen molar-refractivity contribution in [3.8, 4) is 17.2 Å². The third-order valence-electron chi connectivity index (χ3n) is 2.21. The van der Waals surface area contributed by atoms with Crippen molar-refractivity contribution in [3.05, 3.63) is 59.7 Å². The Morgan fingerprint density at radius 3 is 2.44 bits per heavy atom. The molecule has 0 amide bonds. The van der Waals surface area contributed by atoms with Crippen LogP contribution in [0.1, 0.15) is 5.56 Å². The van der Waals surface area contributed by atoms with E-state index in [2.05, 4.69) is 0 Å². The van der Waals surface area contributed by atoms with Gasteiger partial charge in [0.05, 0.1) is 11.6 Å². The van der Waals surface area contributed by atoms with Gasteiger partial charge in [-0.1, -0.05) is 18.2 Å². The highest BCUT2D eigenvalue weighted by Crippen LogP contribution is 2.24. The summed E-state index contributed by atoms with van der Waals surface area (Å²) in [5.74, 6) is -0.978. The highest BCUT2D eigenvalue weighted by molar-refractivity contribution is 5.65. The minimum atomic E-state index is -0.544. The topological polar surface area (TPSA) is 23.8 Å². The van der Waals surface area contributed by atoms with Crippen molar-refractivity contribution in [2.45, 2.75) is 0 Å². The Kier molecular flexibility index (Phi) is 2.65. The number of benzene rings is 2. The lowest BCUT2D eigenvalue weighted by atomic mass is 10.0. The van der Waals surface area contributed by atoms with Crippen LogP contribution in [0.25, 0.3) is 11.1 Å². The summed E-state index contributed by atoms with van der Waals surface area (Å²) < 4.78 is 26.6. The smallest absolute Gasteiger partial charge is 0.131 e. The molecule has 1 nitrogen and oxygen atoms in total.